The molecule has 4 nitrogen and oxygen atoms in total. The SMILES string of the molecule is CCC(C)(C)Oc1cc(C)c(N)c(C(=O)O)c1. The highest BCUT2D eigenvalue weighted by Crippen LogP contribution is 2.28. The summed E-state index contributed by atoms with van der Waals surface area (Å²) in [6.07, 6.45) is 0.832. The van der Waals surface area contributed by atoms with E-state index in [1.807, 2.05) is 20.8 Å². The van der Waals surface area contributed by atoms with Crippen LogP contribution in [0.1, 0.15) is 43.1 Å². The fraction of sp³-hybridized carbons (Fsp3) is 0.462. The summed E-state index contributed by atoms with van der Waals surface area (Å²) in [6.45, 7) is 7.70. The molecule has 94 valence electrons. The third-order valence-corrected chi connectivity index (χ3v) is 2.84. The fourth-order valence-electron chi connectivity index (χ4n) is 1.39. The predicted octanol–water partition coefficient (Wildman–Crippen LogP) is 2.84. The lowest BCUT2D eigenvalue weighted by Gasteiger charge is -2.25. The molecule has 0 aliphatic carbocycles. The summed E-state index contributed by atoms with van der Waals surface area (Å²) in [7, 11) is 0. The molecule has 0 aliphatic heterocycles. The molecule has 3 N–H and O–H groups in total. The molecule has 0 atom stereocenters. The minimum atomic E-state index is -1.04. The van der Waals surface area contributed by atoms with Crippen LogP contribution < -0.4 is 10.5 Å². The zero-order valence-corrected chi connectivity index (χ0v) is 10.7. The van der Waals surface area contributed by atoms with Crippen LogP contribution in [0.15, 0.2) is 12.1 Å². The number of anilines is 1. The molecule has 0 saturated heterocycles. The van der Waals surface area contributed by atoms with Crippen LogP contribution in [0.2, 0.25) is 0 Å². The van der Waals surface area contributed by atoms with E-state index in [-0.39, 0.29) is 11.2 Å². The third kappa shape index (κ3) is 3.12. The van der Waals surface area contributed by atoms with Gasteiger partial charge < -0.3 is 15.6 Å². The smallest absolute Gasteiger partial charge is 0.337 e. The maximum absolute atomic E-state index is 11.0. The number of nitrogen functional groups attached to an aromatic ring is 1. The van der Waals surface area contributed by atoms with Gasteiger partial charge in [0.25, 0.3) is 0 Å². The molecule has 1 aromatic carbocycles. The summed E-state index contributed by atoms with van der Waals surface area (Å²) < 4.78 is 5.76. The quantitative estimate of drug-likeness (QED) is 0.790. The monoisotopic (exact) mass is 237 g/mol. The molecule has 0 spiro atoms. The first-order chi connectivity index (χ1) is 7.76. The molecule has 0 saturated carbocycles. The van der Waals surface area contributed by atoms with Crippen molar-refractivity contribution in [2.45, 2.75) is 39.7 Å². The Morgan fingerprint density at radius 3 is 2.53 bits per heavy atom. The van der Waals surface area contributed by atoms with Crippen molar-refractivity contribution in [2.24, 2.45) is 0 Å². The summed E-state index contributed by atoms with van der Waals surface area (Å²) in [5, 5.41) is 9.03. The molecular weight excluding hydrogens is 218 g/mol. The number of nitrogens with two attached hydrogens (primary N) is 1. The number of ether oxygens (including phenoxy) is 1. The van der Waals surface area contributed by atoms with Crippen molar-refractivity contribution in [1.82, 2.24) is 0 Å². The number of hydrogen-bond acceptors (Lipinski definition) is 3. The average molecular weight is 237 g/mol. The zero-order chi connectivity index (χ0) is 13.2. The van der Waals surface area contributed by atoms with Crippen LogP contribution in [0, 0.1) is 6.92 Å². The summed E-state index contributed by atoms with van der Waals surface area (Å²) in [6, 6.07) is 3.24. The van der Waals surface area contributed by atoms with Crippen molar-refractivity contribution in [1.29, 1.82) is 0 Å². The molecule has 0 bridgehead atoms. The third-order valence-electron chi connectivity index (χ3n) is 2.84. The Labute approximate surface area is 101 Å². The maximum Gasteiger partial charge on any atom is 0.337 e. The van der Waals surface area contributed by atoms with E-state index in [2.05, 4.69) is 0 Å². The Bertz CT molecular complexity index is 439. The van der Waals surface area contributed by atoms with E-state index in [0.717, 1.165) is 6.42 Å². The minimum Gasteiger partial charge on any atom is -0.488 e. The van der Waals surface area contributed by atoms with Crippen LogP contribution in [0.25, 0.3) is 0 Å². The summed E-state index contributed by atoms with van der Waals surface area (Å²) in [4.78, 5) is 11.0. The molecule has 1 rings (SSSR count). The largest absolute Gasteiger partial charge is 0.488 e. The van der Waals surface area contributed by atoms with E-state index in [0.29, 0.717) is 17.0 Å². The molecule has 1 aromatic rings. The highest BCUT2D eigenvalue weighted by atomic mass is 16.5. The number of aromatic carboxylic acids is 1. The van der Waals surface area contributed by atoms with Crippen molar-refractivity contribution < 1.29 is 14.6 Å². The fourth-order valence-corrected chi connectivity index (χ4v) is 1.39. The molecule has 0 fully saturated rings. The zero-order valence-electron chi connectivity index (χ0n) is 10.7. The van der Waals surface area contributed by atoms with Gasteiger partial charge in [0.05, 0.1) is 5.56 Å². The molecule has 17 heavy (non-hydrogen) atoms. The molecule has 0 radical (unpaired) electrons. The van der Waals surface area contributed by atoms with Gasteiger partial charge in [0.2, 0.25) is 0 Å². The lowest BCUT2D eigenvalue weighted by Crippen LogP contribution is -2.27. The van der Waals surface area contributed by atoms with Gasteiger partial charge in [-0.1, -0.05) is 6.92 Å². The van der Waals surface area contributed by atoms with Crippen LogP contribution in [0.5, 0.6) is 5.75 Å². The number of carbonyl (C=O) groups is 1. The van der Waals surface area contributed by atoms with Crippen molar-refractivity contribution in [2.75, 3.05) is 5.73 Å². The topological polar surface area (TPSA) is 72.5 Å². The van der Waals surface area contributed by atoms with Crippen molar-refractivity contribution in [3.63, 3.8) is 0 Å². The number of carboxylic acid groups (broad SMARTS) is 1. The number of carboxylic acids is 1. The second-order valence-electron chi connectivity index (χ2n) is 4.72. The highest BCUT2D eigenvalue weighted by molar-refractivity contribution is 5.95. The first-order valence-corrected chi connectivity index (χ1v) is 5.59. The summed E-state index contributed by atoms with van der Waals surface area (Å²) in [5.41, 5.74) is 6.49. The molecule has 0 unspecified atom stereocenters. The van der Waals surface area contributed by atoms with Crippen LogP contribution in [0.4, 0.5) is 5.69 Å². The first-order valence-electron chi connectivity index (χ1n) is 5.59. The summed E-state index contributed by atoms with van der Waals surface area (Å²) in [5.74, 6) is -0.494. The van der Waals surface area contributed by atoms with Gasteiger partial charge in [0.15, 0.2) is 0 Å². The van der Waals surface area contributed by atoms with Crippen molar-refractivity contribution in [3.05, 3.63) is 23.3 Å². The maximum atomic E-state index is 11.0. The van der Waals surface area contributed by atoms with E-state index in [1.165, 1.54) is 6.07 Å². The highest BCUT2D eigenvalue weighted by Gasteiger charge is 2.19. The van der Waals surface area contributed by atoms with Crippen LogP contribution >= 0.6 is 0 Å². The standard InChI is InChI=1S/C13H19NO3/c1-5-13(3,4)17-9-6-8(2)11(14)10(7-9)12(15)16/h6-7H,5,14H2,1-4H3,(H,15,16). The lowest BCUT2D eigenvalue weighted by atomic mass is 10.1. The second-order valence-corrected chi connectivity index (χ2v) is 4.72. The Morgan fingerprint density at radius 2 is 2.06 bits per heavy atom. The van der Waals surface area contributed by atoms with Gasteiger partial charge in [0.1, 0.15) is 11.4 Å². The van der Waals surface area contributed by atoms with E-state index in [4.69, 9.17) is 15.6 Å². The van der Waals surface area contributed by atoms with Gasteiger partial charge in [-0.2, -0.15) is 0 Å². The Hall–Kier alpha value is -1.71. The average Bonchev–Trinajstić information content (AvgIpc) is 2.22. The van der Waals surface area contributed by atoms with E-state index < -0.39 is 5.97 Å². The lowest BCUT2D eigenvalue weighted by molar-refractivity contribution is 0.0694. The Morgan fingerprint density at radius 1 is 1.47 bits per heavy atom. The molecule has 0 amide bonds. The first kappa shape index (κ1) is 13.4. The minimum absolute atomic E-state index is 0.0897. The van der Waals surface area contributed by atoms with Crippen molar-refractivity contribution in [3.8, 4) is 5.75 Å². The van der Waals surface area contributed by atoms with Crippen LogP contribution in [0.3, 0.4) is 0 Å². The van der Waals surface area contributed by atoms with Gasteiger partial charge in [-0.15, -0.1) is 0 Å². The summed E-state index contributed by atoms with van der Waals surface area (Å²) >= 11 is 0. The molecular formula is C13H19NO3. The molecule has 0 aliphatic rings. The van der Waals surface area contributed by atoms with Gasteiger partial charge >= 0.3 is 5.97 Å². The second kappa shape index (κ2) is 4.65. The normalized spacial score (nSPS) is 11.3. The van der Waals surface area contributed by atoms with Gasteiger partial charge in [-0.05, 0) is 44.9 Å². The number of aryl methyl sites for hydroxylation is 1. The molecule has 0 heterocycles. The molecule has 4 heteroatoms. The van der Waals surface area contributed by atoms with E-state index >= 15 is 0 Å². The van der Waals surface area contributed by atoms with Crippen LogP contribution in [-0.2, 0) is 0 Å². The Balaban J connectivity index is 3.15. The van der Waals surface area contributed by atoms with Crippen molar-refractivity contribution >= 4 is 11.7 Å². The Kier molecular flexibility index (Phi) is 3.66. The van der Waals surface area contributed by atoms with Gasteiger partial charge in [-0.25, -0.2) is 4.79 Å². The predicted molar refractivity (Wildman–Crippen MR) is 67.5 cm³/mol. The van der Waals surface area contributed by atoms with E-state index in [1.54, 1.807) is 13.0 Å². The van der Waals surface area contributed by atoms with Crippen LogP contribution in [-0.4, -0.2) is 16.7 Å². The number of rotatable bonds is 4. The number of benzene rings is 1. The molecule has 0 aromatic heterocycles. The number of hydrogen-bond donors (Lipinski definition) is 2. The van der Waals surface area contributed by atoms with Gasteiger partial charge in [-0.3, -0.25) is 0 Å². The van der Waals surface area contributed by atoms with Gasteiger partial charge in [0, 0.05) is 5.69 Å². The van der Waals surface area contributed by atoms with E-state index in [9.17, 15) is 4.79 Å².